The molecule has 0 spiro atoms. The van der Waals surface area contributed by atoms with Crippen LogP contribution in [0.25, 0.3) is 0 Å². The lowest BCUT2D eigenvalue weighted by Gasteiger charge is -2.08. The number of rotatable bonds is 3. The highest BCUT2D eigenvalue weighted by Crippen LogP contribution is 2.20. The van der Waals surface area contributed by atoms with Gasteiger partial charge in [0, 0.05) is 5.02 Å². The van der Waals surface area contributed by atoms with Crippen LogP contribution >= 0.6 is 11.6 Å². The van der Waals surface area contributed by atoms with Crippen LogP contribution < -0.4 is 5.73 Å². The predicted molar refractivity (Wildman–Crippen MR) is 58.3 cm³/mol. The van der Waals surface area contributed by atoms with E-state index in [9.17, 15) is 0 Å². The molecule has 0 aliphatic rings. The van der Waals surface area contributed by atoms with E-state index in [-0.39, 0.29) is 0 Å². The van der Waals surface area contributed by atoms with Gasteiger partial charge in [-0.3, -0.25) is 0 Å². The summed E-state index contributed by atoms with van der Waals surface area (Å²) in [6, 6.07) is 4.04. The van der Waals surface area contributed by atoms with Crippen LogP contribution in [0.4, 0.5) is 0 Å². The molecule has 2 N–H and O–H groups in total. The third-order valence-electron chi connectivity index (χ3n) is 2.39. The third-order valence-corrected chi connectivity index (χ3v) is 2.61. The molecule has 1 rings (SSSR count). The van der Waals surface area contributed by atoms with Crippen LogP contribution in [0.2, 0.25) is 5.02 Å². The van der Waals surface area contributed by atoms with Crippen LogP contribution in [0, 0.1) is 13.8 Å². The molecular formula is C11H16ClN. The van der Waals surface area contributed by atoms with Gasteiger partial charge in [0.1, 0.15) is 0 Å². The minimum absolute atomic E-state index is 0.741. The molecule has 2 heteroatoms. The summed E-state index contributed by atoms with van der Waals surface area (Å²) in [5, 5.41) is 0.829. The maximum atomic E-state index is 5.97. The van der Waals surface area contributed by atoms with E-state index in [0.29, 0.717) is 0 Å². The molecule has 0 heterocycles. The highest BCUT2D eigenvalue weighted by atomic mass is 35.5. The maximum Gasteiger partial charge on any atom is 0.0411 e. The first-order valence-corrected chi connectivity index (χ1v) is 4.98. The van der Waals surface area contributed by atoms with Crippen molar-refractivity contribution in [2.45, 2.75) is 26.7 Å². The predicted octanol–water partition coefficient (Wildman–Crippen LogP) is 2.85. The Labute approximate surface area is 84.9 Å². The number of aryl methyl sites for hydroxylation is 2. The molecule has 0 aromatic heterocycles. The monoisotopic (exact) mass is 197 g/mol. The molecule has 1 nitrogen and oxygen atoms in total. The van der Waals surface area contributed by atoms with Gasteiger partial charge in [0.25, 0.3) is 0 Å². The molecule has 0 unspecified atom stereocenters. The summed E-state index contributed by atoms with van der Waals surface area (Å²) in [5.41, 5.74) is 9.41. The Hall–Kier alpha value is -0.530. The molecule has 0 aliphatic heterocycles. The number of hydrogen-bond acceptors (Lipinski definition) is 1. The number of hydrogen-bond donors (Lipinski definition) is 1. The molecule has 0 amide bonds. The van der Waals surface area contributed by atoms with E-state index in [4.69, 9.17) is 17.3 Å². The van der Waals surface area contributed by atoms with Gasteiger partial charge in [-0.15, -0.1) is 0 Å². The topological polar surface area (TPSA) is 26.0 Å². The molecule has 1 aromatic rings. The normalized spacial score (nSPS) is 10.5. The van der Waals surface area contributed by atoms with Crippen LogP contribution in [-0.4, -0.2) is 6.54 Å². The zero-order valence-electron chi connectivity index (χ0n) is 8.23. The molecule has 0 atom stereocenters. The first-order chi connectivity index (χ1) is 6.15. The van der Waals surface area contributed by atoms with Crippen molar-refractivity contribution < 1.29 is 0 Å². The van der Waals surface area contributed by atoms with Crippen LogP contribution in [0.1, 0.15) is 23.1 Å². The Balaban J connectivity index is 2.92. The molecule has 0 aliphatic carbocycles. The smallest absolute Gasteiger partial charge is 0.0411 e. The third kappa shape index (κ3) is 2.71. The molecule has 0 bridgehead atoms. The van der Waals surface area contributed by atoms with Gasteiger partial charge < -0.3 is 5.73 Å². The molecule has 72 valence electrons. The molecular weight excluding hydrogens is 182 g/mol. The van der Waals surface area contributed by atoms with Gasteiger partial charge in [0.15, 0.2) is 0 Å². The Morgan fingerprint density at radius 2 is 2.00 bits per heavy atom. The minimum Gasteiger partial charge on any atom is -0.330 e. The molecule has 0 fully saturated rings. The molecule has 0 saturated heterocycles. The first kappa shape index (κ1) is 10.6. The maximum absolute atomic E-state index is 5.97. The van der Waals surface area contributed by atoms with Crippen molar-refractivity contribution >= 4 is 11.6 Å². The summed E-state index contributed by atoms with van der Waals surface area (Å²) in [5.74, 6) is 0. The van der Waals surface area contributed by atoms with Crippen molar-refractivity contribution in [1.29, 1.82) is 0 Å². The second-order valence-electron chi connectivity index (χ2n) is 3.40. The molecule has 1 aromatic carbocycles. The Morgan fingerprint density at radius 3 is 2.62 bits per heavy atom. The summed E-state index contributed by atoms with van der Waals surface area (Å²) < 4.78 is 0. The summed E-state index contributed by atoms with van der Waals surface area (Å²) in [7, 11) is 0. The fourth-order valence-electron chi connectivity index (χ4n) is 1.44. The van der Waals surface area contributed by atoms with Gasteiger partial charge in [0.2, 0.25) is 0 Å². The lowest BCUT2D eigenvalue weighted by Crippen LogP contribution is -2.02. The van der Waals surface area contributed by atoms with E-state index in [1.807, 2.05) is 12.1 Å². The summed E-state index contributed by atoms with van der Waals surface area (Å²) in [6.07, 6.45) is 2.06. The highest BCUT2D eigenvalue weighted by molar-refractivity contribution is 6.30. The summed E-state index contributed by atoms with van der Waals surface area (Å²) in [4.78, 5) is 0. The average molecular weight is 198 g/mol. The van der Waals surface area contributed by atoms with Crippen LogP contribution in [0.15, 0.2) is 12.1 Å². The second-order valence-corrected chi connectivity index (χ2v) is 3.84. The Morgan fingerprint density at radius 1 is 1.31 bits per heavy atom. The Kier molecular flexibility index (Phi) is 3.76. The van der Waals surface area contributed by atoms with Crippen molar-refractivity contribution in [2.75, 3.05) is 6.54 Å². The zero-order valence-corrected chi connectivity index (χ0v) is 8.99. The van der Waals surface area contributed by atoms with E-state index < -0.39 is 0 Å². The number of nitrogens with two attached hydrogens (primary N) is 1. The zero-order chi connectivity index (χ0) is 9.84. The summed E-state index contributed by atoms with van der Waals surface area (Å²) in [6.45, 7) is 4.97. The largest absolute Gasteiger partial charge is 0.330 e. The van der Waals surface area contributed by atoms with E-state index >= 15 is 0 Å². The lowest BCUT2D eigenvalue weighted by molar-refractivity contribution is 0.827. The van der Waals surface area contributed by atoms with E-state index in [2.05, 4.69) is 13.8 Å². The second kappa shape index (κ2) is 4.64. The van der Waals surface area contributed by atoms with E-state index in [0.717, 1.165) is 24.4 Å². The standard InChI is InChI=1S/C11H16ClN/c1-8-6-11(12)7-10(9(8)2)4-3-5-13/h6-7H,3-5,13H2,1-2H3. The van der Waals surface area contributed by atoms with Gasteiger partial charge in [-0.2, -0.15) is 0 Å². The van der Waals surface area contributed by atoms with Crippen molar-refractivity contribution in [2.24, 2.45) is 5.73 Å². The van der Waals surface area contributed by atoms with E-state index in [1.165, 1.54) is 16.7 Å². The fourth-order valence-corrected chi connectivity index (χ4v) is 1.73. The SMILES string of the molecule is Cc1cc(Cl)cc(CCCN)c1C. The first-order valence-electron chi connectivity index (χ1n) is 4.61. The number of benzene rings is 1. The molecule has 13 heavy (non-hydrogen) atoms. The highest BCUT2D eigenvalue weighted by Gasteiger charge is 2.02. The summed E-state index contributed by atoms with van der Waals surface area (Å²) >= 11 is 5.97. The van der Waals surface area contributed by atoms with Crippen molar-refractivity contribution in [1.82, 2.24) is 0 Å². The van der Waals surface area contributed by atoms with Gasteiger partial charge in [-0.05, 0) is 62.1 Å². The minimum atomic E-state index is 0.741. The quantitative estimate of drug-likeness (QED) is 0.793. The van der Waals surface area contributed by atoms with E-state index in [1.54, 1.807) is 0 Å². The van der Waals surface area contributed by atoms with Gasteiger partial charge >= 0.3 is 0 Å². The van der Waals surface area contributed by atoms with Gasteiger partial charge in [-0.1, -0.05) is 11.6 Å². The van der Waals surface area contributed by atoms with Crippen LogP contribution in [-0.2, 0) is 6.42 Å². The van der Waals surface area contributed by atoms with Crippen LogP contribution in [0.5, 0.6) is 0 Å². The lowest BCUT2D eigenvalue weighted by atomic mass is 10.00. The molecule has 0 radical (unpaired) electrons. The van der Waals surface area contributed by atoms with Crippen LogP contribution in [0.3, 0.4) is 0 Å². The average Bonchev–Trinajstić information content (AvgIpc) is 2.09. The van der Waals surface area contributed by atoms with Gasteiger partial charge in [-0.25, -0.2) is 0 Å². The van der Waals surface area contributed by atoms with Crippen molar-refractivity contribution in [3.8, 4) is 0 Å². The fraction of sp³-hybridized carbons (Fsp3) is 0.455. The van der Waals surface area contributed by atoms with Gasteiger partial charge in [0.05, 0.1) is 0 Å². The van der Waals surface area contributed by atoms with Crippen molar-refractivity contribution in [3.05, 3.63) is 33.8 Å². The van der Waals surface area contributed by atoms with Crippen molar-refractivity contribution in [3.63, 3.8) is 0 Å². The molecule has 0 saturated carbocycles. The number of halogens is 1. The Bertz CT molecular complexity index is 294.